The highest BCUT2D eigenvalue weighted by Gasteiger charge is 2.23. The summed E-state index contributed by atoms with van der Waals surface area (Å²) in [5, 5.41) is 0. The third-order valence-corrected chi connectivity index (χ3v) is 3.77. The summed E-state index contributed by atoms with van der Waals surface area (Å²) in [5.41, 5.74) is 0.519. The van der Waals surface area contributed by atoms with E-state index in [1.165, 1.54) is 11.3 Å². The summed E-state index contributed by atoms with van der Waals surface area (Å²) in [5.74, 6) is -1.01. The van der Waals surface area contributed by atoms with Crippen LogP contribution < -0.4 is 4.90 Å². The highest BCUT2D eigenvalue weighted by molar-refractivity contribution is 5.93. The zero-order valence-electron chi connectivity index (χ0n) is 17.0. The zero-order valence-corrected chi connectivity index (χ0v) is 12.0. The van der Waals surface area contributed by atoms with Gasteiger partial charge in [0.05, 0.1) is 0 Å². The van der Waals surface area contributed by atoms with Gasteiger partial charge >= 0.3 is 0 Å². The molecule has 1 heterocycles. The fourth-order valence-corrected chi connectivity index (χ4v) is 2.82. The van der Waals surface area contributed by atoms with Crippen LogP contribution in [0.5, 0.6) is 0 Å². The molecule has 3 nitrogen and oxygen atoms in total. The molecule has 0 radical (unpaired) electrons. The van der Waals surface area contributed by atoms with Gasteiger partial charge in [-0.15, -0.1) is 0 Å². The minimum absolute atomic E-state index is 0.328. The molecule has 0 aliphatic carbocycles. The molecule has 1 amide bonds. The second-order valence-corrected chi connectivity index (χ2v) is 5.35. The lowest BCUT2D eigenvalue weighted by atomic mass is 10.1. The standard InChI is InChI=1S/C17H26N2O/c1-3-17(20)19(16-10-6-4-7-11-16)15(2)14-18-12-8-5-9-13-18/h4,6-7,10-11,15H,3,5,8-9,12-14H2,1-2H3/i1D3,3D2. The molecule has 0 N–H and O–H groups in total. The van der Waals surface area contributed by atoms with Crippen LogP contribution in [0.1, 0.15) is 46.3 Å². The second-order valence-electron chi connectivity index (χ2n) is 5.35. The van der Waals surface area contributed by atoms with Crippen molar-refractivity contribution in [1.29, 1.82) is 0 Å². The van der Waals surface area contributed by atoms with Crippen molar-refractivity contribution < 1.29 is 11.6 Å². The maximum Gasteiger partial charge on any atom is 0.226 e. The van der Waals surface area contributed by atoms with Crippen LogP contribution in [0.2, 0.25) is 0 Å². The Hall–Kier alpha value is -1.35. The zero-order chi connectivity index (χ0) is 18.7. The lowest BCUT2D eigenvalue weighted by Crippen LogP contribution is -2.46. The van der Waals surface area contributed by atoms with Crippen molar-refractivity contribution in [1.82, 2.24) is 4.90 Å². The molecule has 3 heteroatoms. The van der Waals surface area contributed by atoms with Crippen molar-refractivity contribution in [2.45, 2.75) is 45.5 Å². The van der Waals surface area contributed by atoms with Gasteiger partial charge in [0, 0.05) is 31.5 Å². The summed E-state index contributed by atoms with van der Waals surface area (Å²) in [6.45, 7) is 1.33. The van der Waals surface area contributed by atoms with E-state index in [0.717, 1.165) is 25.9 Å². The summed E-state index contributed by atoms with van der Waals surface area (Å²) in [4.78, 5) is 16.4. The van der Waals surface area contributed by atoms with Crippen LogP contribution in [0.15, 0.2) is 30.3 Å². The molecule has 0 saturated carbocycles. The van der Waals surface area contributed by atoms with Gasteiger partial charge in [0.2, 0.25) is 5.91 Å². The van der Waals surface area contributed by atoms with Crippen LogP contribution in [0.25, 0.3) is 0 Å². The van der Waals surface area contributed by atoms with E-state index in [0.29, 0.717) is 12.2 Å². The number of hydrogen-bond donors (Lipinski definition) is 0. The average Bonchev–Trinajstić information content (AvgIpc) is 2.55. The number of piperidine rings is 1. The smallest absolute Gasteiger partial charge is 0.226 e. The summed E-state index contributed by atoms with van der Waals surface area (Å²) in [7, 11) is 0. The van der Waals surface area contributed by atoms with E-state index >= 15 is 0 Å². The molecule has 20 heavy (non-hydrogen) atoms. The lowest BCUT2D eigenvalue weighted by Gasteiger charge is -2.35. The molecule has 1 saturated heterocycles. The van der Waals surface area contributed by atoms with Crippen molar-refractivity contribution in [3.63, 3.8) is 0 Å². The predicted molar refractivity (Wildman–Crippen MR) is 84.0 cm³/mol. The number of anilines is 1. The van der Waals surface area contributed by atoms with E-state index in [4.69, 9.17) is 6.85 Å². The van der Waals surface area contributed by atoms with E-state index in [9.17, 15) is 4.79 Å². The van der Waals surface area contributed by atoms with Crippen LogP contribution >= 0.6 is 0 Å². The highest BCUT2D eigenvalue weighted by atomic mass is 16.2. The molecule has 1 fully saturated rings. The number of likely N-dealkylation sites (tertiary alicyclic amines) is 1. The molecule has 2 rings (SSSR count). The molecule has 1 aliphatic heterocycles. The predicted octanol–water partition coefficient (Wildman–Crippen LogP) is 3.30. The van der Waals surface area contributed by atoms with Gasteiger partial charge in [0.1, 0.15) is 0 Å². The van der Waals surface area contributed by atoms with Crippen molar-refractivity contribution in [3.8, 4) is 0 Å². The lowest BCUT2D eigenvalue weighted by molar-refractivity contribution is -0.118. The van der Waals surface area contributed by atoms with Gasteiger partial charge in [0.25, 0.3) is 0 Å². The number of para-hydroxylation sites is 1. The van der Waals surface area contributed by atoms with E-state index < -0.39 is 19.1 Å². The van der Waals surface area contributed by atoms with Crippen LogP contribution in [-0.2, 0) is 4.79 Å². The fourth-order valence-electron chi connectivity index (χ4n) is 2.82. The van der Waals surface area contributed by atoms with E-state index in [1.54, 1.807) is 30.3 Å². The second kappa shape index (κ2) is 7.44. The highest BCUT2D eigenvalue weighted by Crippen LogP contribution is 2.19. The molecule has 0 spiro atoms. The Bertz CT molecular complexity index is 570. The van der Waals surface area contributed by atoms with Crippen LogP contribution in [0, 0.1) is 0 Å². The quantitative estimate of drug-likeness (QED) is 0.825. The van der Waals surface area contributed by atoms with Gasteiger partial charge in [-0.2, -0.15) is 0 Å². The number of carbonyl (C=O) groups excluding carboxylic acids is 1. The number of amides is 1. The number of carbonyl (C=O) groups is 1. The van der Waals surface area contributed by atoms with Crippen LogP contribution in [0.4, 0.5) is 5.69 Å². The SMILES string of the molecule is [2H]C([2H])([2H])C([2H])([2H])C(=O)N(c1ccccc1)C(C)CN1CCCCC1. The van der Waals surface area contributed by atoms with Crippen molar-refractivity contribution in [3.05, 3.63) is 30.3 Å². The van der Waals surface area contributed by atoms with Gasteiger partial charge in [-0.1, -0.05) is 31.5 Å². The number of rotatable bonds is 5. The third-order valence-electron chi connectivity index (χ3n) is 3.77. The normalized spacial score (nSPS) is 22.8. The molecular formula is C17H26N2O. The molecule has 1 aromatic rings. The topological polar surface area (TPSA) is 23.6 Å². The van der Waals surface area contributed by atoms with Crippen LogP contribution in [0.3, 0.4) is 0 Å². The van der Waals surface area contributed by atoms with Gasteiger partial charge in [-0.3, -0.25) is 4.79 Å². The van der Waals surface area contributed by atoms with Crippen molar-refractivity contribution in [2.75, 3.05) is 24.5 Å². The van der Waals surface area contributed by atoms with E-state index in [2.05, 4.69) is 4.90 Å². The van der Waals surface area contributed by atoms with E-state index in [1.807, 2.05) is 6.92 Å². The van der Waals surface area contributed by atoms with Gasteiger partial charge < -0.3 is 9.80 Å². The first-order valence-corrected chi connectivity index (χ1v) is 7.25. The largest absolute Gasteiger partial charge is 0.308 e. The molecule has 0 bridgehead atoms. The minimum Gasteiger partial charge on any atom is -0.308 e. The van der Waals surface area contributed by atoms with Gasteiger partial charge in [0.15, 0.2) is 0 Å². The number of benzene rings is 1. The minimum atomic E-state index is -3.01. The van der Waals surface area contributed by atoms with E-state index in [-0.39, 0.29) is 6.04 Å². The summed E-state index contributed by atoms with van der Waals surface area (Å²) in [6.07, 6.45) is 0.497. The first-order valence-electron chi connectivity index (χ1n) is 9.75. The van der Waals surface area contributed by atoms with Gasteiger partial charge in [-0.05, 0) is 45.0 Å². The van der Waals surface area contributed by atoms with Crippen molar-refractivity contribution in [2.24, 2.45) is 0 Å². The van der Waals surface area contributed by atoms with Gasteiger partial charge in [-0.25, -0.2) is 0 Å². The fraction of sp³-hybridized carbons (Fsp3) is 0.588. The Labute approximate surface area is 129 Å². The molecule has 1 aromatic carbocycles. The molecule has 1 atom stereocenters. The summed E-state index contributed by atoms with van der Waals surface area (Å²) >= 11 is 0. The Morgan fingerprint density at radius 2 is 2.05 bits per heavy atom. The third kappa shape index (κ3) is 3.83. The monoisotopic (exact) mass is 279 g/mol. The number of hydrogen-bond acceptors (Lipinski definition) is 2. The Kier molecular flexibility index (Phi) is 3.56. The molecule has 1 aliphatic rings. The Morgan fingerprint density at radius 1 is 1.35 bits per heavy atom. The maximum absolute atomic E-state index is 12.9. The summed E-state index contributed by atoms with van der Waals surface area (Å²) in [6, 6.07) is 8.41. The molecular weight excluding hydrogens is 248 g/mol. The average molecular weight is 279 g/mol. The van der Waals surface area contributed by atoms with Crippen molar-refractivity contribution >= 4 is 11.6 Å². The van der Waals surface area contributed by atoms with Crippen LogP contribution in [-0.4, -0.2) is 36.5 Å². The molecule has 110 valence electrons. The summed E-state index contributed by atoms with van der Waals surface area (Å²) < 4.78 is 38.0. The Morgan fingerprint density at radius 3 is 2.70 bits per heavy atom. The molecule has 0 aromatic heterocycles. The Balaban J connectivity index is 2.28. The number of nitrogens with zero attached hydrogens (tertiary/aromatic N) is 2. The molecule has 1 unspecified atom stereocenters. The first kappa shape index (κ1) is 9.56. The first-order chi connectivity index (χ1) is 11.6. The maximum atomic E-state index is 12.9.